The number of carbonyl (C=O) groups is 2. The summed E-state index contributed by atoms with van der Waals surface area (Å²) in [5.74, 6) is -0.118. The first-order chi connectivity index (χ1) is 10.3. The van der Waals surface area contributed by atoms with Gasteiger partial charge in [0.2, 0.25) is 0 Å². The zero-order chi connectivity index (χ0) is 16.5. The predicted octanol–water partition coefficient (Wildman–Crippen LogP) is 1.72. The summed E-state index contributed by atoms with van der Waals surface area (Å²) in [7, 11) is 3.04. The maximum absolute atomic E-state index is 12.6. The monoisotopic (exact) mass is 308 g/mol. The number of benzene rings is 1. The second kappa shape index (κ2) is 5.75. The highest BCUT2D eigenvalue weighted by Gasteiger charge is 2.39. The van der Waals surface area contributed by atoms with Gasteiger partial charge >= 0.3 is 5.97 Å². The number of carbonyl (C=O) groups excluding carboxylic acids is 1. The van der Waals surface area contributed by atoms with Gasteiger partial charge in [0.1, 0.15) is 5.54 Å². The number of hydrogen-bond donors (Lipinski definition) is 2. The molecule has 1 amide bonds. The van der Waals surface area contributed by atoms with Crippen LogP contribution in [-0.2, 0) is 9.59 Å². The fourth-order valence-electron chi connectivity index (χ4n) is 2.46. The lowest BCUT2D eigenvalue weighted by molar-refractivity contribution is -0.136. The molecule has 1 aliphatic rings. The number of amides is 1. The van der Waals surface area contributed by atoms with Crippen molar-refractivity contribution in [1.29, 1.82) is 0 Å². The Hall–Kier alpha value is -2.44. The number of rotatable bonds is 5. The summed E-state index contributed by atoms with van der Waals surface area (Å²) in [6.45, 7) is 3.60. The molecule has 1 aromatic rings. The number of nitrogens with zero attached hydrogens (tertiary/aromatic N) is 1. The maximum atomic E-state index is 12.6. The Balaban J connectivity index is 2.51. The summed E-state index contributed by atoms with van der Waals surface area (Å²) in [5.41, 5.74) is 0.460. The fraction of sp³-hybridized carbons (Fsp3) is 0.467. The quantitative estimate of drug-likeness (QED) is 0.861. The molecular weight excluding hydrogens is 288 g/mol. The SMILES string of the molecule is COc1cc2c(cc1OC)N(CCC(=O)O)C(=O)C(C)(C)N2. The lowest BCUT2D eigenvalue weighted by Gasteiger charge is -2.40. The summed E-state index contributed by atoms with van der Waals surface area (Å²) in [6.07, 6.45) is -0.129. The third kappa shape index (κ3) is 2.79. The van der Waals surface area contributed by atoms with Gasteiger partial charge in [-0.3, -0.25) is 9.59 Å². The molecule has 1 heterocycles. The van der Waals surface area contributed by atoms with E-state index in [9.17, 15) is 9.59 Å². The van der Waals surface area contributed by atoms with Crippen LogP contribution in [0.5, 0.6) is 11.5 Å². The summed E-state index contributed by atoms with van der Waals surface area (Å²) in [5, 5.41) is 12.0. The number of carboxylic acid groups (broad SMARTS) is 1. The Kier molecular flexibility index (Phi) is 4.16. The number of nitrogens with one attached hydrogen (secondary N) is 1. The van der Waals surface area contributed by atoms with E-state index in [1.165, 1.54) is 19.1 Å². The Morgan fingerprint density at radius 3 is 2.41 bits per heavy atom. The molecule has 22 heavy (non-hydrogen) atoms. The van der Waals surface area contributed by atoms with Crippen LogP contribution in [-0.4, -0.2) is 43.3 Å². The molecule has 120 valence electrons. The van der Waals surface area contributed by atoms with E-state index in [1.54, 1.807) is 26.0 Å². The van der Waals surface area contributed by atoms with Crippen LogP contribution in [0, 0.1) is 0 Å². The summed E-state index contributed by atoms with van der Waals surface area (Å²) >= 11 is 0. The molecule has 2 rings (SSSR count). The van der Waals surface area contributed by atoms with Crippen LogP contribution in [0.3, 0.4) is 0 Å². The van der Waals surface area contributed by atoms with Gasteiger partial charge < -0.3 is 24.8 Å². The Labute approximate surface area is 128 Å². The van der Waals surface area contributed by atoms with Crippen molar-refractivity contribution in [2.75, 3.05) is 31.0 Å². The third-order valence-corrected chi connectivity index (χ3v) is 3.57. The molecule has 1 aliphatic heterocycles. The molecule has 7 nitrogen and oxygen atoms in total. The summed E-state index contributed by atoms with van der Waals surface area (Å²) in [6, 6.07) is 3.42. The first-order valence-electron chi connectivity index (χ1n) is 6.88. The van der Waals surface area contributed by atoms with Crippen LogP contribution < -0.4 is 19.7 Å². The summed E-state index contributed by atoms with van der Waals surface area (Å²) < 4.78 is 10.5. The minimum absolute atomic E-state index is 0.0990. The van der Waals surface area contributed by atoms with Gasteiger partial charge in [-0.25, -0.2) is 0 Å². The van der Waals surface area contributed by atoms with E-state index in [2.05, 4.69) is 5.32 Å². The molecular formula is C15H20N2O5. The Morgan fingerprint density at radius 1 is 1.27 bits per heavy atom. The lowest BCUT2D eigenvalue weighted by atomic mass is 9.97. The van der Waals surface area contributed by atoms with Gasteiger partial charge in [0.05, 0.1) is 32.0 Å². The standard InChI is InChI=1S/C15H20N2O5/c1-15(2)14(20)17(6-5-13(18)19)10-8-12(22-4)11(21-3)7-9(10)16-15/h7-8,16H,5-6H2,1-4H3,(H,18,19). The number of hydrogen-bond acceptors (Lipinski definition) is 5. The zero-order valence-electron chi connectivity index (χ0n) is 13.1. The van der Waals surface area contributed by atoms with Crippen LogP contribution in [0.25, 0.3) is 0 Å². The number of aliphatic carboxylic acids is 1. The maximum Gasteiger partial charge on any atom is 0.305 e. The largest absolute Gasteiger partial charge is 0.493 e. The Morgan fingerprint density at radius 2 is 1.86 bits per heavy atom. The third-order valence-electron chi connectivity index (χ3n) is 3.57. The molecule has 7 heteroatoms. The number of ether oxygens (including phenoxy) is 2. The molecule has 0 saturated heterocycles. The van der Waals surface area contributed by atoms with Crippen LogP contribution in [0.2, 0.25) is 0 Å². The van der Waals surface area contributed by atoms with Crippen molar-refractivity contribution in [3.63, 3.8) is 0 Å². The first kappa shape index (κ1) is 15.9. The number of fused-ring (bicyclic) bond motifs is 1. The van der Waals surface area contributed by atoms with Crippen molar-refractivity contribution in [2.45, 2.75) is 25.8 Å². The molecule has 0 radical (unpaired) electrons. The van der Waals surface area contributed by atoms with Crippen molar-refractivity contribution < 1.29 is 24.2 Å². The molecule has 0 atom stereocenters. The minimum atomic E-state index is -0.953. The van der Waals surface area contributed by atoms with Gasteiger partial charge in [0, 0.05) is 18.7 Å². The highest BCUT2D eigenvalue weighted by molar-refractivity contribution is 6.08. The van der Waals surface area contributed by atoms with Gasteiger partial charge in [-0.1, -0.05) is 0 Å². The zero-order valence-corrected chi connectivity index (χ0v) is 13.1. The van der Waals surface area contributed by atoms with Crippen LogP contribution in [0.1, 0.15) is 20.3 Å². The van der Waals surface area contributed by atoms with E-state index in [0.717, 1.165) is 0 Å². The highest BCUT2D eigenvalue weighted by atomic mass is 16.5. The molecule has 0 aromatic heterocycles. The number of carboxylic acids is 1. The molecule has 0 aliphatic carbocycles. The van der Waals surface area contributed by atoms with Gasteiger partial charge in [0.25, 0.3) is 5.91 Å². The van der Waals surface area contributed by atoms with Gasteiger partial charge in [-0.15, -0.1) is 0 Å². The number of methoxy groups -OCH3 is 2. The van der Waals surface area contributed by atoms with Crippen LogP contribution >= 0.6 is 0 Å². The molecule has 0 spiro atoms. The van der Waals surface area contributed by atoms with Crippen molar-refractivity contribution in [2.24, 2.45) is 0 Å². The topological polar surface area (TPSA) is 88.1 Å². The van der Waals surface area contributed by atoms with E-state index in [4.69, 9.17) is 14.6 Å². The van der Waals surface area contributed by atoms with Crippen LogP contribution in [0.15, 0.2) is 12.1 Å². The fourth-order valence-corrected chi connectivity index (χ4v) is 2.46. The van der Waals surface area contributed by atoms with E-state index in [-0.39, 0.29) is 18.9 Å². The lowest BCUT2D eigenvalue weighted by Crippen LogP contribution is -2.54. The average Bonchev–Trinajstić information content (AvgIpc) is 2.46. The molecule has 0 unspecified atom stereocenters. The normalized spacial score (nSPS) is 15.8. The molecule has 2 N–H and O–H groups in total. The van der Waals surface area contributed by atoms with Crippen molar-refractivity contribution >= 4 is 23.3 Å². The first-order valence-corrected chi connectivity index (χ1v) is 6.88. The van der Waals surface area contributed by atoms with E-state index in [0.29, 0.717) is 22.9 Å². The van der Waals surface area contributed by atoms with Crippen molar-refractivity contribution in [3.05, 3.63) is 12.1 Å². The molecule has 1 aromatic carbocycles. The highest BCUT2D eigenvalue weighted by Crippen LogP contribution is 2.42. The second-order valence-electron chi connectivity index (χ2n) is 5.57. The second-order valence-corrected chi connectivity index (χ2v) is 5.57. The number of anilines is 2. The smallest absolute Gasteiger partial charge is 0.305 e. The van der Waals surface area contributed by atoms with Gasteiger partial charge in [0.15, 0.2) is 11.5 Å². The van der Waals surface area contributed by atoms with Crippen LogP contribution in [0.4, 0.5) is 11.4 Å². The molecule has 0 bridgehead atoms. The Bertz CT molecular complexity index is 612. The average molecular weight is 308 g/mol. The van der Waals surface area contributed by atoms with E-state index in [1.807, 2.05) is 0 Å². The van der Waals surface area contributed by atoms with Crippen molar-refractivity contribution in [1.82, 2.24) is 0 Å². The van der Waals surface area contributed by atoms with Crippen molar-refractivity contribution in [3.8, 4) is 11.5 Å². The minimum Gasteiger partial charge on any atom is -0.493 e. The van der Waals surface area contributed by atoms with E-state index < -0.39 is 11.5 Å². The predicted molar refractivity (Wildman–Crippen MR) is 81.9 cm³/mol. The molecule has 0 fully saturated rings. The van der Waals surface area contributed by atoms with E-state index >= 15 is 0 Å². The van der Waals surface area contributed by atoms with Gasteiger partial charge in [-0.2, -0.15) is 0 Å². The van der Waals surface area contributed by atoms with Gasteiger partial charge in [-0.05, 0) is 13.8 Å². The summed E-state index contributed by atoms with van der Waals surface area (Å²) in [4.78, 5) is 24.9. The molecule has 0 saturated carbocycles.